The molecule has 0 saturated carbocycles. The summed E-state index contributed by atoms with van der Waals surface area (Å²) in [7, 11) is -3.75. The number of benzene rings is 3. The van der Waals surface area contributed by atoms with E-state index in [1.807, 2.05) is 24.3 Å². The molecular formula is C32H32ClN7O4S. The van der Waals surface area contributed by atoms with Crippen molar-refractivity contribution in [2.24, 2.45) is 4.99 Å². The van der Waals surface area contributed by atoms with Crippen LogP contribution >= 0.6 is 11.6 Å². The molecule has 0 radical (unpaired) electrons. The van der Waals surface area contributed by atoms with E-state index in [0.29, 0.717) is 54.8 Å². The minimum absolute atomic E-state index is 0.00442. The number of piperidine rings is 1. The zero-order chi connectivity index (χ0) is 31.8. The lowest BCUT2D eigenvalue weighted by Crippen LogP contribution is -2.45. The number of carbonyl (C=O) groups is 2. The van der Waals surface area contributed by atoms with Crippen LogP contribution in [0.3, 0.4) is 0 Å². The summed E-state index contributed by atoms with van der Waals surface area (Å²) in [5, 5.41) is 4.43. The number of aromatic nitrogens is 2. The van der Waals surface area contributed by atoms with Gasteiger partial charge in [0, 0.05) is 37.0 Å². The van der Waals surface area contributed by atoms with Gasteiger partial charge >= 0.3 is 0 Å². The SMILES string of the molecule is Cc1nc(N)c(C(=O)NC2=NC3(CC2)CCN(C(=O)c2ccc(CNS(=O)(=O)c4cccc5ccccc45)cc2)CC3)nc1Cl. The van der Waals surface area contributed by atoms with Crippen molar-refractivity contribution in [1.82, 2.24) is 24.9 Å². The summed E-state index contributed by atoms with van der Waals surface area (Å²) in [5.41, 5.74) is 7.21. The van der Waals surface area contributed by atoms with E-state index in [1.54, 1.807) is 54.3 Å². The van der Waals surface area contributed by atoms with Crippen molar-refractivity contribution in [2.45, 2.75) is 49.6 Å². The first-order valence-electron chi connectivity index (χ1n) is 14.6. The van der Waals surface area contributed by atoms with Gasteiger partial charge in [-0.05, 0) is 55.3 Å². The number of rotatable bonds is 6. The number of hydrogen-bond donors (Lipinski definition) is 3. The molecule has 1 saturated heterocycles. The first kappa shape index (κ1) is 30.6. The fourth-order valence-corrected chi connectivity index (χ4v) is 7.21. The molecule has 3 heterocycles. The highest BCUT2D eigenvalue weighted by atomic mass is 35.5. The maximum Gasteiger partial charge on any atom is 0.279 e. The lowest BCUT2D eigenvalue weighted by atomic mass is 9.86. The number of nitrogens with two attached hydrogens (primary N) is 1. The molecule has 0 unspecified atom stereocenters. The van der Waals surface area contributed by atoms with Crippen LogP contribution < -0.4 is 15.8 Å². The summed E-state index contributed by atoms with van der Waals surface area (Å²) >= 11 is 6.03. The Hall–Kier alpha value is -4.39. The number of halogens is 1. The number of fused-ring (bicyclic) bond motifs is 1. The second-order valence-corrected chi connectivity index (χ2v) is 13.5. The minimum atomic E-state index is -3.75. The van der Waals surface area contributed by atoms with Crippen LogP contribution in [0, 0.1) is 6.92 Å². The minimum Gasteiger partial charge on any atom is -0.382 e. The lowest BCUT2D eigenvalue weighted by molar-refractivity contribution is 0.0673. The molecule has 13 heteroatoms. The molecule has 4 N–H and O–H groups in total. The number of anilines is 1. The fraction of sp³-hybridized carbons (Fsp3) is 0.281. The summed E-state index contributed by atoms with van der Waals surface area (Å²) in [6.45, 7) is 2.81. The van der Waals surface area contributed by atoms with E-state index in [0.717, 1.165) is 17.4 Å². The topological polar surface area (TPSA) is 160 Å². The molecule has 1 aromatic heterocycles. The molecule has 11 nitrogen and oxygen atoms in total. The van der Waals surface area contributed by atoms with Gasteiger partial charge in [0.1, 0.15) is 5.84 Å². The third kappa shape index (κ3) is 6.39. The third-order valence-corrected chi connectivity index (χ3v) is 10.2. The van der Waals surface area contributed by atoms with Crippen LogP contribution in [0.1, 0.15) is 57.8 Å². The van der Waals surface area contributed by atoms with E-state index in [9.17, 15) is 18.0 Å². The Morgan fingerprint density at radius 3 is 2.44 bits per heavy atom. The van der Waals surface area contributed by atoms with Crippen molar-refractivity contribution in [3.05, 3.63) is 94.4 Å². The molecule has 1 spiro atoms. The van der Waals surface area contributed by atoms with Crippen LogP contribution in [-0.4, -0.2) is 59.6 Å². The first-order valence-corrected chi connectivity index (χ1v) is 16.5. The average molecular weight is 646 g/mol. The number of carbonyl (C=O) groups excluding carboxylic acids is 2. The summed E-state index contributed by atoms with van der Waals surface area (Å²) in [5.74, 6) is -0.0298. The number of nitrogens with zero attached hydrogens (tertiary/aromatic N) is 4. The van der Waals surface area contributed by atoms with Crippen molar-refractivity contribution in [3.63, 3.8) is 0 Å². The van der Waals surface area contributed by atoms with Crippen LogP contribution in [0.4, 0.5) is 5.82 Å². The van der Waals surface area contributed by atoms with Crippen LogP contribution in [0.2, 0.25) is 5.15 Å². The monoisotopic (exact) mass is 645 g/mol. The summed E-state index contributed by atoms with van der Waals surface area (Å²) < 4.78 is 28.8. The molecule has 45 heavy (non-hydrogen) atoms. The molecule has 0 bridgehead atoms. The second-order valence-electron chi connectivity index (χ2n) is 11.4. The smallest absolute Gasteiger partial charge is 0.279 e. The Morgan fingerprint density at radius 2 is 1.69 bits per heavy atom. The van der Waals surface area contributed by atoms with Gasteiger partial charge in [0.25, 0.3) is 11.8 Å². The van der Waals surface area contributed by atoms with Gasteiger partial charge in [-0.3, -0.25) is 14.6 Å². The predicted molar refractivity (Wildman–Crippen MR) is 173 cm³/mol. The predicted octanol–water partition coefficient (Wildman–Crippen LogP) is 4.25. The van der Waals surface area contributed by atoms with Gasteiger partial charge in [-0.1, -0.05) is 60.1 Å². The second kappa shape index (κ2) is 12.2. The third-order valence-electron chi connectivity index (χ3n) is 8.40. The van der Waals surface area contributed by atoms with Crippen molar-refractivity contribution in [1.29, 1.82) is 0 Å². The van der Waals surface area contributed by atoms with E-state index in [2.05, 4.69) is 20.0 Å². The first-order chi connectivity index (χ1) is 21.5. The van der Waals surface area contributed by atoms with E-state index in [-0.39, 0.29) is 39.6 Å². The number of nitrogen functional groups attached to an aromatic ring is 1. The highest BCUT2D eigenvalue weighted by Gasteiger charge is 2.39. The number of aryl methyl sites for hydroxylation is 1. The maximum absolute atomic E-state index is 13.3. The van der Waals surface area contributed by atoms with Crippen LogP contribution in [0.15, 0.2) is 76.6 Å². The molecule has 2 amide bonds. The standard InChI is InChI=1S/C32H32ClN7O4S/c1-20-28(33)38-27(29(34)36-20)30(41)37-26-13-14-32(39-26)15-17-40(18-16-32)31(42)23-11-9-21(10-12-23)19-35-45(43,44)25-8-4-6-22-5-2-3-7-24(22)25/h2-12,35H,13-19H2,1H3,(H2,34,36)(H,37,39,41). The summed E-state index contributed by atoms with van der Waals surface area (Å²) in [6, 6.07) is 19.5. The summed E-state index contributed by atoms with van der Waals surface area (Å²) in [6.07, 6.45) is 2.71. The van der Waals surface area contributed by atoms with E-state index < -0.39 is 15.9 Å². The van der Waals surface area contributed by atoms with Gasteiger partial charge in [-0.25, -0.2) is 23.1 Å². The van der Waals surface area contributed by atoms with Gasteiger partial charge in [0.2, 0.25) is 10.0 Å². The Morgan fingerprint density at radius 1 is 0.978 bits per heavy atom. The average Bonchev–Trinajstić information content (AvgIpc) is 3.43. The van der Waals surface area contributed by atoms with Crippen LogP contribution in [0.25, 0.3) is 10.8 Å². The molecule has 0 atom stereocenters. The number of aliphatic imine (C=N–C) groups is 1. The number of nitrogens with one attached hydrogen (secondary N) is 2. The Bertz CT molecular complexity index is 1930. The molecule has 1 fully saturated rings. The highest BCUT2D eigenvalue weighted by Crippen LogP contribution is 2.36. The lowest BCUT2D eigenvalue weighted by Gasteiger charge is -2.37. The number of sulfonamides is 1. The van der Waals surface area contributed by atoms with Gasteiger partial charge in [0.05, 0.1) is 16.1 Å². The van der Waals surface area contributed by atoms with Crippen molar-refractivity contribution in [3.8, 4) is 0 Å². The molecule has 3 aromatic carbocycles. The van der Waals surface area contributed by atoms with E-state index >= 15 is 0 Å². The number of amidine groups is 1. The van der Waals surface area contributed by atoms with Crippen LogP contribution in [0.5, 0.6) is 0 Å². The molecule has 232 valence electrons. The number of amides is 2. The van der Waals surface area contributed by atoms with Gasteiger partial charge in [-0.15, -0.1) is 0 Å². The summed E-state index contributed by atoms with van der Waals surface area (Å²) in [4.78, 5) is 41.0. The largest absolute Gasteiger partial charge is 0.382 e. The molecule has 6 rings (SSSR count). The number of likely N-dealkylation sites (tertiary alicyclic amines) is 1. The Kier molecular flexibility index (Phi) is 8.29. The van der Waals surface area contributed by atoms with Crippen LogP contribution in [-0.2, 0) is 16.6 Å². The molecule has 4 aromatic rings. The van der Waals surface area contributed by atoms with Crippen molar-refractivity contribution < 1.29 is 18.0 Å². The van der Waals surface area contributed by atoms with E-state index in [4.69, 9.17) is 22.3 Å². The molecule has 2 aliphatic rings. The fourth-order valence-electron chi connectivity index (χ4n) is 5.83. The molecular weight excluding hydrogens is 614 g/mol. The van der Waals surface area contributed by atoms with Crippen molar-refractivity contribution >= 4 is 55.9 Å². The van der Waals surface area contributed by atoms with Crippen molar-refractivity contribution in [2.75, 3.05) is 18.8 Å². The normalized spacial score (nSPS) is 16.1. The maximum atomic E-state index is 13.3. The van der Waals surface area contributed by atoms with Gasteiger partial charge in [0.15, 0.2) is 16.7 Å². The Labute approximate surface area is 266 Å². The van der Waals surface area contributed by atoms with E-state index in [1.165, 1.54) is 0 Å². The highest BCUT2D eigenvalue weighted by molar-refractivity contribution is 7.89. The zero-order valence-electron chi connectivity index (χ0n) is 24.6. The zero-order valence-corrected chi connectivity index (χ0v) is 26.2. The molecule has 2 aliphatic heterocycles. The molecule has 0 aliphatic carbocycles. The quantitative estimate of drug-likeness (QED) is 0.283. The Balaban J connectivity index is 1.04. The van der Waals surface area contributed by atoms with Gasteiger partial charge in [-0.2, -0.15) is 0 Å². The number of hydrogen-bond acceptors (Lipinski definition) is 8. The van der Waals surface area contributed by atoms with Gasteiger partial charge < -0.3 is 16.0 Å².